The number of nitrogens with one attached hydrogen (secondary N) is 1. The van der Waals surface area contributed by atoms with Crippen LogP contribution in [0.2, 0.25) is 0 Å². The van der Waals surface area contributed by atoms with Crippen molar-refractivity contribution < 1.29 is 9.90 Å². The predicted octanol–water partition coefficient (Wildman–Crippen LogP) is 2.72. The van der Waals surface area contributed by atoms with Crippen LogP contribution in [0.1, 0.15) is 45.8 Å². The molecule has 1 saturated carbocycles. The zero-order valence-corrected chi connectivity index (χ0v) is 13.3. The van der Waals surface area contributed by atoms with Gasteiger partial charge in [-0.25, -0.2) is 4.79 Å². The van der Waals surface area contributed by atoms with E-state index in [2.05, 4.69) is 24.3 Å². The molecule has 0 spiro atoms. The lowest BCUT2D eigenvalue weighted by Gasteiger charge is -2.36. The third-order valence-corrected chi connectivity index (χ3v) is 5.56. The molecule has 4 nitrogen and oxygen atoms in total. The molecule has 1 aliphatic carbocycles. The Bertz CT molecular complexity index is 476. The zero-order valence-electron chi connectivity index (χ0n) is 12.5. The Hall–Kier alpha value is -0.910. The highest BCUT2D eigenvalue weighted by Crippen LogP contribution is 2.33. The van der Waals surface area contributed by atoms with Crippen LogP contribution in [-0.4, -0.2) is 42.2 Å². The van der Waals surface area contributed by atoms with E-state index in [0.29, 0.717) is 4.88 Å². The fourth-order valence-electron chi connectivity index (χ4n) is 3.05. The summed E-state index contributed by atoms with van der Waals surface area (Å²) in [4.78, 5) is 14.8. The first-order chi connectivity index (χ1) is 9.44. The van der Waals surface area contributed by atoms with E-state index >= 15 is 0 Å². The number of carboxylic acids is 1. The summed E-state index contributed by atoms with van der Waals surface area (Å²) in [5.41, 5.74) is 1.39. The summed E-state index contributed by atoms with van der Waals surface area (Å²) in [5.74, 6) is -0.829. The first kappa shape index (κ1) is 15.5. The van der Waals surface area contributed by atoms with Crippen molar-refractivity contribution in [1.29, 1.82) is 0 Å². The summed E-state index contributed by atoms with van der Waals surface area (Å²) in [6, 6.07) is 1.80. The van der Waals surface area contributed by atoms with Crippen molar-refractivity contribution in [3.05, 3.63) is 21.4 Å². The van der Waals surface area contributed by atoms with Gasteiger partial charge in [-0.3, -0.25) is 0 Å². The summed E-state index contributed by atoms with van der Waals surface area (Å²) >= 11 is 1.36. The molecule has 0 atom stereocenters. The fraction of sp³-hybridized carbons (Fsp3) is 0.667. The number of carboxylic acid groups (broad SMARTS) is 1. The average molecular weight is 296 g/mol. The van der Waals surface area contributed by atoms with E-state index in [9.17, 15) is 4.79 Å². The van der Waals surface area contributed by atoms with Crippen molar-refractivity contribution in [2.24, 2.45) is 0 Å². The lowest BCUT2D eigenvalue weighted by atomic mass is 9.96. The van der Waals surface area contributed by atoms with Gasteiger partial charge in [-0.2, -0.15) is 0 Å². The van der Waals surface area contributed by atoms with E-state index in [1.165, 1.54) is 37.0 Å². The van der Waals surface area contributed by atoms with Crippen LogP contribution in [0.15, 0.2) is 6.07 Å². The van der Waals surface area contributed by atoms with Gasteiger partial charge < -0.3 is 15.3 Å². The molecule has 1 fully saturated rings. The van der Waals surface area contributed by atoms with Crippen LogP contribution in [0, 0.1) is 6.92 Å². The van der Waals surface area contributed by atoms with E-state index in [-0.39, 0.29) is 5.54 Å². The molecule has 0 aromatic carbocycles. The van der Waals surface area contributed by atoms with Crippen LogP contribution in [0.3, 0.4) is 0 Å². The van der Waals surface area contributed by atoms with Gasteiger partial charge in [-0.05, 0) is 45.5 Å². The Morgan fingerprint density at radius 1 is 1.45 bits per heavy atom. The Balaban J connectivity index is 1.94. The van der Waals surface area contributed by atoms with E-state index in [0.717, 1.165) is 23.5 Å². The second-order valence-corrected chi connectivity index (χ2v) is 7.18. The summed E-state index contributed by atoms with van der Waals surface area (Å²) in [7, 11) is 4.32. The number of aryl methyl sites for hydroxylation is 1. The third-order valence-electron chi connectivity index (χ3n) is 4.48. The second-order valence-electron chi connectivity index (χ2n) is 5.93. The fourth-order valence-corrected chi connectivity index (χ4v) is 3.93. The molecule has 112 valence electrons. The van der Waals surface area contributed by atoms with Gasteiger partial charge in [0.15, 0.2) is 0 Å². The van der Waals surface area contributed by atoms with Crippen LogP contribution in [-0.2, 0) is 6.54 Å². The summed E-state index contributed by atoms with van der Waals surface area (Å²) in [6.07, 6.45) is 5.10. The number of likely N-dealkylation sites (N-methyl/N-ethyl adjacent to an activating group) is 1. The Morgan fingerprint density at radius 2 is 2.10 bits per heavy atom. The second kappa shape index (κ2) is 6.24. The van der Waals surface area contributed by atoms with Crippen molar-refractivity contribution in [2.75, 3.05) is 20.6 Å². The number of thiophene rings is 1. The van der Waals surface area contributed by atoms with Crippen LogP contribution in [0.5, 0.6) is 0 Å². The van der Waals surface area contributed by atoms with E-state index < -0.39 is 5.97 Å². The number of hydrogen-bond acceptors (Lipinski definition) is 4. The monoisotopic (exact) mass is 296 g/mol. The maximum Gasteiger partial charge on any atom is 0.345 e. The predicted molar refractivity (Wildman–Crippen MR) is 82.6 cm³/mol. The van der Waals surface area contributed by atoms with Gasteiger partial charge in [-0.15, -0.1) is 11.3 Å². The molecule has 0 aliphatic heterocycles. The smallest absolute Gasteiger partial charge is 0.345 e. The summed E-state index contributed by atoms with van der Waals surface area (Å²) in [6.45, 7) is 3.72. The number of nitrogens with zero attached hydrogens (tertiary/aromatic N) is 1. The van der Waals surface area contributed by atoms with Gasteiger partial charge in [0.1, 0.15) is 4.88 Å². The Morgan fingerprint density at radius 3 is 2.60 bits per heavy atom. The highest BCUT2D eigenvalue weighted by molar-refractivity contribution is 7.14. The molecule has 2 N–H and O–H groups in total. The quantitative estimate of drug-likeness (QED) is 0.847. The maximum atomic E-state index is 11.0. The number of rotatable bonds is 6. The first-order valence-corrected chi connectivity index (χ1v) is 7.97. The molecule has 0 radical (unpaired) electrons. The van der Waals surface area contributed by atoms with Crippen LogP contribution in [0.25, 0.3) is 0 Å². The van der Waals surface area contributed by atoms with Crippen LogP contribution >= 0.6 is 11.3 Å². The molecule has 2 rings (SSSR count). The van der Waals surface area contributed by atoms with Gasteiger partial charge in [0.2, 0.25) is 0 Å². The average Bonchev–Trinajstić information content (AvgIpc) is 2.98. The van der Waals surface area contributed by atoms with Crippen molar-refractivity contribution in [1.82, 2.24) is 10.2 Å². The molecule has 0 bridgehead atoms. The SMILES string of the molecule is Cc1sc(C(=O)O)cc1CNCC1(N(C)C)CCCC1. The number of carbonyl (C=O) groups is 1. The third kappa shape index (κ3) is 3.22. The van der Waals surface area contributed by atoms with E-state index in [1.807, 2.05) is 6.92 Å². The normalized spacial score (nSPS) is 17.8. The highest BCUT2D eigenvalue weighted by atomic mass is 32.1. The molecular weight excluding hydrogens is 272 g/mol. The van der Waals surface area contributed by atoms with E-state index in [4.69, 9.17) is 5.11 Å². The standard InChI is InChI=1S/C15H24N2O2S/c1-11-12(8-13(20-11)14(18)19)9-16-10-15(17(2)3)6-4-5-7-15/h8,16H,4-7,9-10H2,1-3H3,(H,18,19). The molecule has 1 aliphatic rings. The molecule has 0 amide bonds. The minimum absolute atomic E-state index is 0.277. The minimum atomic E-state index is -0.829. The topological polar surface area (TPSA) is 52.6 Å². The van der Waals surface area contributed by atoms with Gasteiger partial charge in [0.25, 0.3) is 0 Å². The molecular formula is C15H24N2O2S. The van der Waals surface area contributed by atoms with Crippen molar-refractivity contribution >= 4 is 17.3 Å². The molecule has 20 heavy (non-hydrogen) atoms. The Kier molecular flexibility index (Phi) is 4.83. The number of aromatic carboxylic acids is 1. The zero-order chi connectivity index (χ0) is 14.8. The molecule has 1 aromatic heterocycles. The van der Waals surface area contributed by atoms with Gasteiger partial charge >= 0.3 is 5.97 Å². The molecule has 0 saturated heterocycles. The maximum absolute atomic E-state index is 11.0. The summed E-state index contributed by atoms with van der Waals surface area (Å²) < 4.78 is 0. The summed E-state index contributed by atoms with van der Waals surface area (Å²) in [5, 5.41) is 12.5. The lowest BCUT2D eigenvalue weighted by Crippen LogP contribution is -2.49. The van der Waals surface area contributed by atoms with Gasteiger partial charge in [0.05, 0.1) is 0 Å². The lowest BCUT2D eigenvalue weighted by molar-refractivity contribution is 0.0702. The highest BCUT2D eigenvalue weighted by Gasteiger charge is 2.35. The Labute approximate surface area is 124 Å². The van der Waals surface area contributed by atoms with Crippen molar-refractivity contribution in [2.45, 2.75) is 44.7 Å². The molecule has 0 unspecified atom stereocenters. The molecule has 1 aromatic rings. The first-order valence-electron chi connectivity index (χ1n) is 7.15. The van der Waals surface area contributed by atoms with Crippen LogP contribution in [0.4, 0.5) is 0 Å². The van der Waals surface area contributed by atoms with Crippen LogP contribution < -0.4 is 5.32 Å². The number of hydrogen-bond donors (Lipinski definition) is 2. The van der Waals surface area contributed by atoms with Gasteiger partial charge in [0, 0.05) is 23.5 Å². The van der Waals surface area contributed by atoms with Crippen molar-refractivity contribution in [3.63, 3.8) is 0 Å². The van der Waals surface area contributed by atoms with Gasteiger partial charge in [-0.1, -0.05) is 12.8 Å². The minimum Gasteiger partial charge on any atom is -0.477 e. The molecule has 5 heteroatoms. The molecule has 1 heterocycles. The largest absolute Gasteiger partial charge is 0.477 e. The van der Waals surface area contributed by atoms with Crippen molar-refractivity contribution in [3.8, 4) is 0 Å². The van der Waals surface area contributed by atoms with E-state index in [1.54, 1.807) is 6.07 Å².